The smallest absolute Gasteiger partial charge is 0.308 e. The molecule has 3 fully saturated rings. The van der Waals surface area contributed by atoms with Gasteiger partial charge in [-0.05, 0) is 18.2 Å². The number of carbonyl (C=O) groups excluding carboxylic acids is 14. The zero-order chi connectivity index (χ0) is 72.0. The number of carbonyl (C=O) groups is 14. The second kappa shape index (κ2) is 33.5. The summed E-state index contributed by atoms with van der Waals surface area (Å²) in [6.45, 7) is 10.4. The van der Waals surface area contributed by atoms with Gasteiger partial charge in [0.1, 0.15) is 60.6 Å². The first-order valence-electron chi connectivity index (χ1n) is 29.1. The van der Waals surface area contributed by atoms with E-state index in [1.165, 1.54) is 0 Å². The van der Waals surface area contributed by atoms with Gasteiger partial charge in [0, 0.05) is 115 Å². The zero-order valence-electron chi connectivity index (χ0n) is 54.4. The molecule has 3 aliphatic heterocycles. The summed E-state index contributed by atoms with van der Waals surface area (Å²) < 4.78 is 123. The van der Waals surface area contributed by atoms with Gasteiger partial charge in [-0.3, -0.25) is 71.9 Å². The van der Waals surface area contributed by atoms with Crippen molar-refractivity contribution in [1.29, 1.82) is 0 Å². The van der Waals surface area contributed by atoms with Gasteiger partial charge in [-0.1, -0.05) is 0 Å². The standard InChI is InChI=1S/C61H68O36/c1-23(62)77-20-43-49(84-30(8)69)53(87-33(11)72)56(90-36(14)75)59(92-43)96-58-55(89-35(13)74)51(86-32(10)71)45(22-79-25(3)64)94-61(58)97-57-54(88-34(12)73)50(85-31(9)70)44(21-78-24(2)63)93-60(57)95-52-47(76)46-41(83-29(7)68)18-38(80-26(4)65)19-42(46)91-48(52)37-15-16-39(81-27(5)66)40(17-37)82-28(6)67/h15-19,43-45,49-51,53-61H,20-22H2,1-14H3/t43-,44-,45-,49-,50-,51-,53+,54+,55+,56-,57-,58-,59+,60+,61+/m1/s1. The van der Waals surface area contributed by atoms with Crippen molar-refractivity contribution in [2.24, 2.45) is 0 Å². The van der Waals surface area contributed by atoms with E-state index in [0.29, 0.717) is 0 Å². The van der Waals surface area contributed by atoms with Crippen LogP contribution in [-0.4, -0.2) is 196 Å². The molecule has 36 heteroatoms. The maximum absolute atomic E-state index is 15.7. The van der Waals surface area contributed by atoms with Crippen molar-refractivity contribution in [3.8, 4) is 40.1 Å². The van der Waals surface area contributed by atoms with Crippen LogP contribution in [-0.2, 0) is 138 Å². The topological polar surface area (TPSA) is 454 Å². The van der Waals surface area contributed by atoms with E-state index in [9.17, 15) is 67.1 Å². The number of esters is 14. The number of hydrogen-bond donors (Lipinski definition) is 0. The molecule has 0 radical (unpaired) electrons. The maximum atomic E-state index is 15.7. The lowest BCUT2D eigenvalue weighted by molar-refractivity contribution is -0.389. The number of hydrogen-bond acceptors (Lipinski definition) is 36. The second-order valence-corrected chi connectivity index (χ2v) is 21.3. The first-order chi connectivity index (χ1) is 45.5. The number of benzene rings is 2. The van der Waals surface area contributed by atoms with E-state index in [1.54, 1.807) is 0 Å². The quantitative estimate of drug-likeness (QED) is 0.0699. The first kappa shape index (κ1) is 75.9. The van der Waals surface area contributed by atoms with Crippen LogP contribution in [0, 0.1) is 0 Å². The van der Waals surface area contributed by atoms with Crippen LogP contribution in [0.1, 0.15) is 96.9 Å². The predicted octanol–water partition coefficient (Wildman–Crippen LogP) is 1.70. The molecule has 6 rings (SSSR count). The summed E-state index contributed by atoms with van der Waals surface area (Å²) in [5.41, 5.74) is -2.17. The molecule has 0 aliphatic carbocycles. The summed E-state index contributed by atoms with van der Waals surface area (Å²) >= 11 is 0. The summed E-state index contributed by atoms with van der Waals surface area (Å²) in [6.07, 6.45) is -31.8. The molecule has 0 unspecified atom stereocenters. The largest absolute Gasteiger partial charge is 0.463 e. The number of fused-ring (bicyclic) bond motifs is 1. The normalized spacial score (nSPS) is 25.0. The van der Waals surface area contributed by atoms with Gasteiger partial charge in [0.25, 0.3) is 0 Å². The van der Waals surface area contributed by atoms with Crippen molar-refractivity contribution in [1.82, 2.24) is 0 Å². The lowest BCUT2D eigenvalue weighted by Crippen LogP contribution is -2.69. The molecular formula is C61H68O36. The fraction of sp³-hybridized carbons (Fsp3) is 0.525. The van der Waals surface area contributed by atoms with Crippen LogP contribution in [0.25, 0.3) is 22.3 Å². The lowest BCUT2D eigenvalue weighted by Gasteiger charge is -2.50. The highest BCUT2D eigenvalue weighted by molar-refractivity contribution is 5.91. The second-order valence-electron chi connectivity index (χ2n) is 21.3. The average molecular weight is 1380 g/mol. The Labute approximate surface area is 548 Å². The monoisotopic (exact) mass is 1380 g/mol. The van der Waals surface area contributed by atoms with Gasteiger partial charge in [-0.2, -0.15) is 0 Å². The third-order valence-electron chi connectivity index (χ3n) is 13.2. The highest BCUT2D eigenvalue weighted by atomic mass is 16.8. The molecule has 0 N–H and O–H groups in total. The highest BCUT2D eigenvalue weighted by Gasteiger charge is 2.61. The molecular weight excluding hydrogens is 1310 g/mol. The van der Waals surface area contributed by atoms with Crippen molar-refractivity contribution in [3.05, 3.63) is 40.6 Å². The Morgan fingerprint density at radius 2 is 0.701 bits per heavy atom. The molecule has 97 heavy (non-hydrogen) atoms. The Bertz CT molecular complexity index is 3610. The summed E-state index contributed by atoms with van der Waals surface area (Å²) in [6, 6.07) is 5.20. The van der Waals surface area contributed by atoms with E-state index in [4.69, 9.17) is 99.2 Å². The molecule has 528 valence electrons. The van der Waals surface area contributed by atoms with E-state index < -0.39 is 235 Å². The van der Waals surface area contributed by atoms with Crippen LogP contribution in [0.2, 0.25) is 0 Å². The van der Waals surface area contributed by atoms with Gasteiger partial charge in [-0.25, -0.2) is 0 Å². The lowest BCUT2D eigenvalue weighted by atomic mass is 9.95. The van der Waals surface area contributed by atoms with Crippen LogP contribution in [0.3, 0.4) is 0 Å². The minimum absolute atomic E-state index is 0.310. The molecule has 0 saturated carbocycles. The Kier molecular flexibility index (Phi) is 26.2. The van der Waals surface area contributed by atoms with Crippen LogP contribution >= 0.6 is 0 Å². The fourth-order valence-electron chi connectivity index (χ4n) is 10.1. The zero-order valence-corrected chi connectivity index (χ0v) is 54.4. The third-order valence-corrected chi connectivity index (χ3v) is 13.2. The van der Waals surface area contributed by atoms with E-state index in [-0.39, 0.29) is 17.1 Å². The van der Waals surface area contributed by atoms with Gasteiger partial charge in [0.05, 0.1) is 0 Å². The van der Waals surface area contributed by atoms with Crippen molar-refractivity contribution in [2.75, 3.05) is 19.8 Å². The SMILES string of the molecule is CC(=O)OC[C@H]1O[C@@H](O[C@H]2[C@H](O[C@H]3[C@H](Oc4c(-c5ccc(OC(C)=O)c(OC(C)=O)c5)oc5cc(OC(C)=O)cc(OC(C)=O)c5c4=O)O[C@H](COC(C)=O)[C@@H](OC(C)=O)[C@@H]3OC(C)=O)O[C@H](COC(C)=O)[C@@H](OC(C)=O)[C@@H]2OC(C)=O)[C@H](OC(C)=O)[C@@H](OC(C)=O)[C@@H]1OC(C)=O. The van der Waals surface area contributed by atoms with Crippen molar-refractivity contribution in [2.45, 2.75) is 189 Å². The van der Waals surface area contributed by atoms with E-state index in [0.717, 1.165) is 127 Å². The molecule has 3 aliphatic rings. The van der Waals surface area contributed by atoms with E-state index in [2.05, 4.69) is 0 Å². The van der Waals surface area contributed by atoms with Gasteiger partial charge in [0.15, 0.2) is 84.8 Å². The fourth-order valence-corrected chi connectivity index (χ4v) is 10.1. The van der Waals surface area contributed by atoms with E-state index >= 15 is 4.79 Å². The van der Waals surface area contributed by atoms with Crippen molar-refractivity contribution in [3.63, 3.8) is 0 Å². The average Bonchev–Trinajstić information content (AvgIpc) is 0.756. The van der Waals surface area contributed by atoms with Crippen molar-refractivity contribution >= 4 is 94.5 Å². The van der Waals surface area contributed by atoms with Crippen molar-refractivity contribution < 1.29 is 166 Å². The summed E-state index contributed by atoms with van der Waals surface area (Å²) in [5, 5.41) is -0.663. The molecule has 3 aromatic rings. The van der Waals surface area contributed by atoms with Crippen LogP contribution in [0.5, 0.6) is 28.7 Å². The van der Waals surface area contributed by atoms with Gasteiger partial charge in [0.2, 0.25) is 17.5 Å². The number of rotatable bonds is 24. The predicted molar refractivity (Wildman–Crippen MR) is 308 cm³/mol. The van der Waals surface area contributed by atoms with Crippen LogP contribution in [0.4, 0.5) is 0 Å². The summed E-state index contributed by atoms with van der Waals surface area (Å²) in [4.78, 5) is 196. The molecule has 36 nitrogen and oxygen atoms in total. The minimum Gasteiger partial charge on any atom is -0.463 e. The van der Waals surface area contributed by atoms with Gasteiger partial charge < -0.3 is 99.2 Å². The van der Waals surface area contributed by atoms with Crippen LogP contribution < -0.4 is 29.1 Å². The molecule has 3 saturated heterocycles. The molecule has 4 heterocycles. The maximum Gasteiger partial charge on any atom is 0.308 e. The molecule has 0 amide bonds. The molecule has 1 aromatic heterocycles. The Hall–Kier alpha value is -10.2. The van der Waals surface area contributed by atoms with Crippen LogP contribution in [0.15, 0.2) is 39.5 Å². The number of ether oxygens (including phenoxy) is 20. The third kappa shape index (κ3) is 20.9. The molecule has 2 aromatic carbocycles. The Morgan fingerprint density at radius 1 is 0.351 bits per heavy atom. The highest BCUT2D eigenvalue weighted by Crippen LogP contribution is 2.43. The van der Waals surface area contributed by atoms with Gasteiger partial charge in [-0.15, -0.1) is 0 Å². The first-order valence-corrected chi connectivity index (χ1v) is 29.1. The molecule has 15 atom stereocenters. The van der Waals surface area contributed by atoms with Gasteiger partial charge >= 0.3 is 83.6 Å². The Morgan fingerprint density at radius 3 is 1.10 bits per heavy atom. The summed E-state index contributed by atoms with van der Waals surface area (Å²) in [5.74, 6) is -18.4. The minimum atomic E-state index is -2.48. The molecule has 0 spiro atoms. The Balaban J connectivity index is 1.75. The summed E-state index contributed by atoms with van der Waals surface area (Å²) in [7, 11) is 0. The van der Waals surface area contributed by atoms with E-state index in [1.807, 2.05) is 0 Å². The molecule has 0 bridgehead atoms.